The first kappa shape index (κ1) is 12.0. The van der Waals surface area contributed by atoms with Gasteiger partial charge in [-0.05, 0) is 49.4 Å². The molecule has 90 valence electrons. The van der Waals surface area contributed by atoms with Crippen LogP contribution in [0.25, 0.3) is 0 Å². The molecule has 0 atom stereocenters. The van der Waals surface area contributed by atoms with Crippen LogP contribution in [0.4, 0.5) is 0 Å². The molecular weight excluding hydrogens is 208 g/mol. The first-order valence-electron chi connectivity index (χ1n) is 6.49. The van der Waals surface area contributed by atoms with Gasteiger partial charge in [-0.25, -0.2) is 0 Å². The lowest BCUT2D eigenvalue weighted by molar-refractivity contribution is 0.208. The minimum Gasteiger partial charge on any atom is -0.493 e. The molecule has 17 heavy (non-hydrogen) atoms. The number of terminal acetylenes is 1. The van der Waals surface area contributed by atoms with E-state index < -0.39 is 0 Å². The summed E-state index contributed by atoms with van der Waals surface area (Å²) in [6.45, 7) is 2.89. The zero-order valence-electron chi connectivity index (χ0n) is 10.5. The summed E-state index contributed by atoms with van der Waals surface area (Å²) in [5, 5.41) is 0. The Morgan fingerprint density at radius 2 is 2.00 bits per heavy atom. The Kier molecular flexibility index (Phi) is 4.09. The van der Waals surface area contributed by atoms with Crippen molar-refractivity contribution in [2.75, 3.05) is 6.61 Å². The first-order valence-corrected chi connectivity index (χ1v) is 6.49. The summed E-state index contributed by atoms with van der Waals surface area (Å²) in [5.74, 6) is 4.32. The van der Waals surface area contributed by atoms with Crippen molar-refractivity contribution < 1.29 is 4.74 Å². The molecule has 1 nitrogen and oxygen atoms in total. The van der Waals surface area contributed by atoms with E-state index in [2.05, 4.69) is 12.0 Å². The predicted molar refractivity (Wildman–Crippen MR) is 71.2 cm³/mol. The minimum absolute atomic E-state index is 0.735. The fraction of sp³-hybridized carbons (Fsp3) is 0.500. The number of benzene rings is 1. The van der Waals surface area contributed by atoms with Gasteiger partial charge in [-0.2, -0.15) is 0 Å². The first-order chi connectivity index (χ1) is 8.28. The van der Waals surface area contributed by atoms with E-state index >= 15 is 0 Å². The lowest BCUT2D eigenvalue weighted by Crippen LogP contribution is -2.15. The topological polar surface area (TPSA) is 9.23 Å². The third-order valence-electron chi connectivity index (χ3n) is 3.43. The monoisotopic (exact) mass is 228 g/mol. The average molecular weight is 228 g/mol. The van der Waals surface area contributed by atoms with Crippen molar-refractivity contribution in [3.05, 3.63) is 29.3 Å². The van der Waals surface area contributed by atoms with Crippen molar-refractivity contribution in [2.24, 2.45) is 5.92 Å². The van der Waals surface area contributed by atoms with Crippen LogP contribution in [-0.4, -0.2) is 6.61 Å². The van der Waals surface area contributed by atoms with Crippen LogP contribution in [0.2, 0.25) is 0 Å². The van der Waals surface area contributed by atoms with Crippen molar-refractivity contribution in [3.8, 4) is 18.1 Å². The zero-order valence-corrected chi connectivity index (χ0v) is 10.5. The van der Waals surface area contributed by atoms with Gasteiger partial charge in [-0.15, -0.1) is 6.42 Å². The molecule has 0 aliphatic heterocycles. The maximum absolute atomic E-state index is 5.87. The highest BCUT2D eigenvalue weighted by molar-refractivity contribution is 5.41. The molecular formula is C16H20O. The normalized spacial score (nSPS) is 16.5. The predicted octanol–water partition coefficient (Wildman–Crippen LogP) is 3.94. The molecule has 0 saturated heterocycles. The second kappa shape index (κ2) is 5.77. The Labute approximate surface area is 104 Å². The van der Waals surface area contributed by atoms with Gasteiger partial charge in [0.2, 0.25) is 0 Å². The molecule has 1 aromatic rings. The number of hydrogen-bond acceptors (Lipinski definition) is 1. The van der Waals surface area contributed by atoms with E-state index in [0.29, 0.717) is 0 Å². The van der Waals surface area contributed by atoms with Gasteiger partial charge in [0, 0.05) is 5.56 Å². The summed E-state index contributed by atoms with van der Waals surface area (Å²) in [7, 11) is 0. The Bertz CT molecular complexity index is 408. The highest BCUT2D eigenvalue weighted by Crippen LogP contribution is 2.25. The summed E-state index contributed by atoms with van der Waals surface area (Å²) in [6, 6.07) is 6.02. The number of hydrogen-bond donors (Lipinski definition) is 0. The van der Waals surface area contributed by atoms with Crippen LogP contribution in [0.5, 0.6) is 5.75 Å². The molecule has 0 spiro atoms. The molecule has 2 rings (SSSR count). The summed E-state index contributed by atoms with van der Waals surface area (Å²) in [5.41, 5.74) is 2.07. The standard InChI is InChI=1S/C16H20O/c1-3-14-9-13(2)10-16(11-14)17-12-15-7-5-4-6-8-15/h1,9-11,15H,4-8,12H2,2H3. The van der Waals surface area contributed by atoms with E-state index in [4.69, 9.17) is 11.2 Å². The maximum Gasteiger partial charge on any atom is 0.120 e. The van der Waals surface area contributed by atoms with Crippen molar-refractivity contribution >= 4 is 0 Å². The highest BCUT2D eigenvalue weighted by Gasteiger charge is 2.13. The van der Waals surface area contributed by atoms with E-state index in [1.807, 2.05) is 19.1 Å². The van der Waals surface area contributed by atoms with Crippen molar-refractivity contribution in [3.63, 3.8) is 0 Å². The SMILES string of the molecule is C#Cc1cc(C)cc(OCC2CCCCC2)c1. The van der Waals surface area contributed by atoms with Crippen molar-refractivity contribution in [1.82, 2.24) is 0 Å². The van der Waals surface area contributed by atoms with E-state index in [1.165, 1.54) is 37.7 Å². The van der Waals surface area contributed by atoms with Gasteiger partial charge in [0.1, 0.15) is 5.75 Å². The lowest BCUT2D eigenvalue weighted by atomic mass is 9.90. The zero-order chi connectivity index (χ0) is 12.1. The van der Waals surface area contributed by atoms with Gasteiger partial charge in [0.05, 0.1) is 6.61 Å². The Morgan fingerprint density at radius 3 is 2.71 bits per heavy atom. The molecule has 0 aromatic heterocycles. The number of aryl methyl sites for hydroxylation is 1. The highest BCUT2D eigenvalue weighted by atomic mass is 16.5. The van der Waals surface area contributed by atoms with Gasteiger partial charge in [-0.3, -0.25) is 0 Å². The van der Waals surface area contributed by atoms with E-state index in [1.54, 1.807) is 0 Å². The third-order valence-corrected chi connectivity index (χ3v) is 3.43. The second-order valence-electron chi connectivity index (χ2n) is 4.99. The summed E-state index contributed by atoms with van der Waals surface area (Å²) >= 11 is 0. The molecule has 0 radical (unpaired) electrons. The second-order valence-corrected chi connectivity index (χ2v) is 4.99. The Hall–Kier alpha value is -1.42. The summed E-state index contributed by atoms with van der Waals surface area (Å²) < 4.78 is 5.87. The molecule has 1 aliphatic carbocycles. The molecule has 0 heterocycles. The van der Waals surface area contributed by atoms with E-state index in [9.17, 15) is 0 Å². The van der Waals surface area contributed by atoms with Gasteiger partial charge in [0.15, 0.2) is 0 Å². The van der Waals surface area contributed by atoms with Gasteiger partial charge >= 0.3 is 0 Å². The van der Waals surface area contributed by atoms with E-state index in [0.717, 1.165) is 23.8 Å². The Balaban J connectivity index is 1.94. The smallest absolute Gasteiger partial charge is 0.120 e. The van der Waals surface area contributed by atoms with Crippen LogP contribution in [0, 0.1) is 25.2 Å². The summed E-state index contributed by atoms with van der Waals surface area (Å²) in [6.07, 6.45) is 12.2. The lowest BCUT2D eigenvalue weighted by Gasteiger charge is -2.21. The van der Waals surface area contributed by atoms with Gasteiger partial charge < -0.3 is 4.74 Å². The van der Waals surface area contributed by atoms with Crippen LogP contribution >= 0.6 is 0 Å². The molecule has 1 heteroatoms. The van der Waals surface area contributed by atoms with Crippen LogP contribution in [-0.2, 0) is 0 Å². The maximum atomic E-state index is 5.87. The van der Waals surface area contributed by atoms with Crippen LogP contribution in [0.3, 0.4) is 0 Å². The molecule has 0 bridgehead atoms. The molecule has 0 amide bonds. The quantitative estimate of drug-likeness (QED) is 0.712. The van der Waals surface area contributed by atoms with E-state index in [-0.39, 0.29) is 0 Å². The Morgan fingerprint density at radius 1 is 1.24 bits per heavy atom. The van der Waals surface area contributed by atoms with Crippen molar-refractivity contribution in [1.29, 1.82) is 0 Å². The minimum atomic E-state index is 0.735. The molecule has 1 fully saturated rings. The average Bonchev–Trinajstić information content (AvgIpc) is 2.37. The van der Waals surface area contributed by atoms with Crippen LogP contribution < -0.4 is 4.74 Å². The number of rotatable bonds is 3. The molecule has 0 unspecified atom stereocenters. The third kappa shape index (κ3) is 3.53. The van der Waals surface area contributed by atoms with Crippen LogP contribution in [0.15, 0.2) is 18.2 Å². The molecule has 1 aromatic carbocycles. The summed E-state index contributed by atoms with van der Waals surface area (Å²) in [4.78, 5) is 0. The van der Waals surface area contributed by atoms with Crippen LogP contribution in [0.1, 0.15) is 43.2 Å². The molecule has 1 aliphatic rings. The molecule has 1 saturated carbocycles. The number of ether oxygens (including phenoxy) is 1. The fourth-order valence-corrected chi connectivity index (χ4v) is 2.48. The fourth-order valence-electron chi connectivity index (χ4n) is 2.48. The van der Waals surface area contributed by atoms with Gasteiger partial charge in [0.25, 0.3) is 0 Å². The molecule has 0 N–H and O–H groups in total. The van der Waals surface area contributed by atoms with Crippen molar-refractivity contribution in [2.45, 2.75) is 39.0 Å². The van der Waals surface area contributed by atoms with Gasteiger partial charge in [-0.1, -0.05) is 25.2 Å². The largest absolute Gasteiger partial charge is 0.493 e.